The number of esters is 1. The van der Waals surface area contributed by atoms with Crippen LogP contribution in [0.4, 0.5) is 0 Å². The molecule has 0 amide bonds. The van der Waals surface area contributed by atoms with Crippen LogP contribution in [0.5, 0.6) is 0 Å². The van der Waals surface area contributed by atoms with Crippen LogP contribution in [-0.2, 0) is 24.8 Å². The molecule has 0 radical (unpaired) electrons. The molecule has 174 valence electrons. The molecule has 0 spiro atoms. The predicted octanol–water partition coefficient (Wildman–Crippen LogP) is 3.56. The largest absolute Gasteiger partial charge is 0.453 e. The summed E-state index contributed by atoms with van der Waals surface area (Å²) >= 11 is 0. The number of quaternary nitrogens is 1. The number of hydrogen-bond donors (Lipinski definition) is 1. The monoisotopic (exact) mass is 450 g/mol. The van der Waals surface area contributed by atoms with Gasteiger partial charge in [-0.15, -0.1) is 0 Å². The van der Waals surface area contributed by atoms with Crippen molar-refractivity contribution in [2.45, 2.75) is 57.0 Å². The Morgan fingerprint density at radius 1 is 1.00 bits per heavy atom. The molecule has 0 aliphatic carbocycles. The first-order valence-electron chi connectivity index (χ1n) is 11.5. The zero-order valence-electron chi connectivity index (χ0n) is 19.4. The molecule has 1 N–H and O–H groups in total. The van der Waals surface area contributed by atoms with E-state index in [4.69, 9.17) is 9.57 Å². The SMILES string of the molecule is CC(C)(C)O[N+]12CCC(CC1)C(OC(=O)C(O)(c1ccccc1)c1ccccc1)[C@H]2C=C=O. The van der Waals surface area contributed by atoms with Gasteiger partial charge >= 0.3 is 5.97 Å². The zero-order chi connectivity index (χ0) is 23.7. The highest BCUT2D eigenvalue weighted by atomic mass is 16.7. The summed E-state index contributed by atoms with van der Waals surface area (Å²) < 4.78 is 6.33. The Labute approximate surface area is 195 Å². The molecular weight excluding hydrogens is 418 g/mol. The molecule has 3 heterocycles. The van der Waals surface area contributed by atoms with E-state index in [1.54, 1.807) is 48.5 Å². The Kier molecular flexibility index (Phi) is 6.30. The highest BCUT2D eigenvalue weighted by molar-refractivity contribution is 5.85. The number of rotatable bonds is 6. The molecule has 3 fully saturated rings. The van der Waals surface area contributed by atoms with Gasteiger partial charge in [-0.1, -0.05) is 60.7 Å². The Morgan fingerprint density at radius 2 is 1.52 bits per heavy atom. The fourth-order valence-corrected chi connectivity index (χ4v) is 5.33. The second-order valence-electron chi connectivity index (χ2n) is 10.0. The smallest absolute Gasteiger partial charge is 0.348 e. The number of aliphatic hydroxyl groups is 1. The molecule has 0 saturated carbocycles. The topological polar surface area (TPSA) is 72.8 Å². The molecule has 1 unspecified atom stereocenters. The molecule has 6 nitrogen and oxygen atoms in total. The van der Waals surface area contributed by atoms with Gasteiger partial charge in [0.25, 0.3) is 0 Å². The highest BCUT2D eigenvalue weighted by Gasteiger charge is 2.59. The van der Waals surface area contributed by atoms with Crippen LogP contribution >= 0.6 is 0 Å². The molecule has 0 aromatic heterocycles. The van der Waals surface area contributed by atoms with E-state index in [1.165, 1.54) is 6.08 Å². The summed E-state index contributed by atoms with van der Waals surface area (Å²) in [6.07, 6.45) is 2.46. The van der Waals surface area contributed by atoms with Gasteiger partial charge in [0.2, 0.25) is 5.60 Å². The van der Waals surface area contributed by atoms with Gasteiger partial charge in [0.1, 0.15) is 24.6 Å². The van der Waals surface area contributed by atoms with Gasteiger partial charge in [-0.3, -0.25) is 0 Å². The van der Waals surface area contributed by atoms with Gasteiger partial charge in [-0.05, 0) is 31.9 Å². The fraction of sp³-hybridized carbons (Fsp3) is 0.444. The van der Waals surface area contributed by atoms with Gasteiger partial charge in [0.15, 0.2) is 12.1 Å². The maximum Gasteiger partial charge on any atom is 0.348 e. The van der Waals surface area contributed by atoms with E-state index in [1.807, 2.05) is 38.8 Å². The van der Waals surface area contributed by atoms with Gasteiger partial charge < -0.3 is 9.84 Å². The van der Waals surface area contributed by atoms with Gasteiger partial charge in [0.05, 0.1) is 6.08 Å². The molecule has 3 saturated heterocycles. The molecule has 3 aliphatic rings. The molecule has 5 rings (SSSR count). The summed E-state index contributed by atoms with van der Waals surface area (Å²) in [6, 6.07) is 17.1. The average Bonchev–Trinajstić information content (AvgIpc) is 2.81. The first-order chi connectivity index (χ1) is 15.7. The molecular formula is C27H32NO5+. The van der Waals surface area contributed by atoms with Crippen LogP contribution in [0, 0.1) is 5.92 Å². The lowest BCUT2D eigenvalue weighted by Crippen LogP contribution is -2.71. The van der Waals surface area contributed by atoms with E-state index in [-0.39, 0.29) is 10.6 Å². The summed E-state index contributed by atoms with van der Waals surface area (Å²) in [6.45, 7) is 7.41. The lowest BCUT2D eigenvalue weighted by Gasteiger charge is -2.55. The van der Waals surface area contributed by atoms with Crippen LogP contribution < -0.4 is 0 Å². The zero-order valence-corrected chi connectivity index (χ0v) is 19.4. The normalized spacial score (nSPS) is 27.0. The number of piperidine rings is 3. The third-order valence-electron chi connectivity index (χ3n) is 6.72. The number of ether oxygens (including phenoxy) is 1. The van der Waals surface area contributed by atoms with E-state index in [0.29, 0.717) is 11.1 Å². The quantitative estimate of drug-likeness (QED) is 0.414. The van der Waals surface area contributed by atoms with E-state index in [9.17, 15) is 14.7 Å². The third-order valence-corrected chi connectivity index (χ3v) is 6.72. The fourth-order valence-electron chi connectivity index (χ4n) is 5.33. The number of carbonyl (C=O) groups is 1. The Balaban J connectivity index is 1.71. The third kappa shape index (κ3) is 4.40. The summed E-state index contributed by atoms with van der Waals surface area (Å²) in [4.78, 5) is 31.7. The lowest BCUT2D eigenvalue weighted by molar-refractivity contribution is -1.14. The first-order valence-corrected chi connectivity index (χ1v) is 11.5. The standard InChI is InChI=1S/C27H32NO5/c1-26(2,3)33-28-17-14-20(15-18-28)24(23(28)16-19-29)32-25(30)27(31,21-10-6-4-7-11-21)22-12-8-5-9-13-22/h4-13,16,20,23-24,31H,14-15,17-18H2,1-3H3/q+1/t20?,23-,24?,28?/m1/s1. The summed E-state index contributed by atoms with van der Waals surface area (Å²) in [5, 5.41) is 11.8. The van der Waals surface area contributed by atoms with Gasteiger partial charge in [0, 0.05) is 18.8 Å². The second-order valence-corrected chi connectivity index (χ2v) is 10.0. The first kappa shape index (κ1) is 23.4. The Bertz CT molecular complexity index is 976. The predicted molar refractivity (Wildman–Crippen MR) is 123 cm³/mol. The van der Waals surface area contributed by atoms with Crippen molar-refractivity contribution in [3.63, 3.8) is 0 Å². The Hall–Kier alpha value is -2.76. The maximum atomic E-state index is 13.7. The van der Waals surface area contributed by atoms with Crippen molar-refractivity contribution in [1.29, 1.82) is 0 Å². The van der Waals surface area contributed by atoms with E-state index in [0.717, 1.165) is 25.9 Å². The molecule has 3 aliphatic heterocycles. The van der Waals surface area contributed by atoms with E-state index in [2.05, 4.69) is 0 Å². The second kappa shape index (κ2) is 8.88. The van der Waals surface area contributed by atoms with Crippen molar-refractivity contribution in [1.82, 2.24) is 0 Å². The molecule has 2 aromatic carbocycles. The lowest BCUT2D eigenvalue weighted by atomic mass is 9.79. The van der Waals surface area contributed by atoms with Crippen LogP contribution in [-0.4, -0.2) is 52.5 Å². The molecule has 33 heavy (non-hydrogen) atoms. The van der Waals surface area contributed by atoms with Crippen LogP contribution in [0.1, 0.15) is 44.7 Å². The molecule has 6 heteroatoms. The van der Waals surface area contributed by atoms with Crippen molar-refractivity contribution in [2.75, 3.05) is 13.1 Å². The summed E-state index contributed by atoms with van der Waals surface area (Å²) in [5.74, 6) is 1.25. The Morgan fingerprint density at radius 3 is 1.97 bits per heavy atom. The van der Waals surface area contributed by atoms with Gasteiger partial charge in [-0.2, -0.15) is 9.48 Å². The number of hydrogen-bond acceptors (Lipinski definition) is 5. The van der Waals surface area contributed by atoms with Crippen LogP contribution in [0.15, 0.2) is 66.7 Å². The van der Waals surface area contributed by atoms with Crippen LogP contribution in [0.25, 0.3) is 0 Å². The molecule has 2 bridgehead atoms. The molecule has 2 aromatic rings. The van der Waals surface area contributed by atoms with E-state index < -0.39 is 29.3 Å². The van der Waals surface area contributed by atoms with Crippen molar-refractivity contribution in [2.24, 2.45) is 5.92 Å². The van der Waals surface area contributed by atoms with Crippen molar-refractivity contribution >= 4 is 11.9 Å². The maximum absolute atomic E-state index is 13.7. The summed E-state index contributed by atoms with van der Waals surface area (Å²) in [7, 11) is 0. The van der Waals surface area contributed by atoms with Crippen LogP contribution in [0.3, 0.4) is 0 Å². The minimum Gasteiger partial charge on any atom is -0.453 e. The number of carbonyl (C=O) groups excluding carboxylic acids is 2. The van der Waals surface area contributed by atoms with E-state index >= 15 is 0 Å². The number of hydroxylamine groups is 3. The van der Waals surface area contributed by atoms with Crippen molar-refractivity contribution < 1.29 is 28.9 Å². The minimum absolute atomic E-state index is 0.0860. The average molecular weight is 451 g/mol. The summed E-state index contributed by atoms with van der Waals surface area (Å²) in [5.41, 5.74) is -1.55. The highest BCUT2D eigenvalue weighted by Crippen LogP contribution is 2.44. The van der Waals surface area contributed by atoms with Crippen molar-refractivity contribution in [3.8, 4) is 0 Å². The minimum atomic E-state index is -1.97. The van der Waals surface area contributed by atoms with Crippen molar-refractivity contribution in [3.05, 3.63) is 77.9 Å². The number of benzene rings is 2. The number of nitrogens with zero attached hydrogens (tertiary/aromatic N) is 1. The van der Waals surface area contributed by atoms with Gasteiger partial charge in [-0.25, -0.2) is 9.59 Å². The number of fused-ring (bicyclic) bond motifs is 3. The van der Waals surface area contributed by atoms with Crippen LogP contribution in [0.2, 0.25) is 0 Å². The molecule has 2 atom stereocenters.